The molecule has 0 aliphatic rings. The van der Waals surface area contributed by atoms with Crippen LogP contribution in [0.25, 0.3) is 28.2 Å². The minimum Gasteiger partial charge on any atom is -0.263 e. The van der Waals surface area contributed by atoms with Crippen molar-refractivity contribution in [3.05, 3.63) is 59.5 Å². The number of aryl methyl sites for hydroxylation is 1. The van der Waals surface area contributed by atoms with Crippen LogP contribution in [-0.2, 0) is 13.2 Å². The zero-order chi connectivity index (χ0) is 18.5. The molecule has 132 valence electrons. The van der Waals surface area contributed by atoms with E-state index >= 15 is 0 Å². The summed E-state index contributed by atoms with van der Waals surface area (Å²) in [5.41, 5.74) is 2.19. The molecule has 9 heteroatoms. The number of benzene rings is 1. The molecule has 0 spiro atoms. The lowest BCUT2D eigenvalue weighted by Crippen LogP contribution is -2.11. The molecule has 26 heavy (non-hydrogen) atoms. The van der Waals surface area contributed by atoms with Crippen LogP contribution >= 0.6 is 11.6 Å². The lowest BCUT2D eigenvalue weighted by atomic mass is 10.1. The first kappa shape index (κ1) is 16.6. The SMILES string of the molecule is Cn1nc(-c2ccc(-c3cn4nc(Cl)ccc4n3)cc2)cc1C(F)(F)F. The molecule has 0 radical (unpaired) electrons. The molecule has 0 aliphatic heterocycles. The van der Waals surface area contributed by atoms with Crippen LogP contribution in [0.5, 0.6) is 0 Å². The average molecular weight is 378 g/mol. The van der Waals surface area contributed by atoms with Crippen molar-refractivity contribution in [2.75, 3.05) is 0 Å². The Kier molecular flexibility index (Phi) is 3.73. The third-order valence-corrected chi connectivity index (χ3v) is 4.14. The van der Waals surface area contributed by atoms with Crippen LogP contribution in [0, 0.1) is 0 Å². The van der Waals surface area contributed by atoms with Gasteiger partial charge in [0.05, 0.1) is 17.6 Å². The first-order valence-corrected chi connectivity index (χ1v) is 7.93. The Labute approximate surface area is 150 Å². The number of aromatic nitrogens is 5. The van der Waals surface area contributed by atoms with E-state index in [4.69, 9.17) is 11.6 Å². The maximum atomic E-state index is 12.9. The maximum absolute atomic E-state index is 12.9. The van der Waals surface area contributed by atoms with E-state index in [0.717, 1.165) is 16.3 Å². The van der Waals surface area contributed by atoms with E-state index in [-0.39, 0.29) is 5.69 Å². The molecular formula is C17H11ClF3N5. The normalized spacial score (nSPS) is 12.0. The van der Waals surface area contributed by atoms with Crippen molar-refractivity contribution in [2.45, 2.75) is 6.18 Å². The van der Waals surface area contributed by atoms with E-state index in [9.17, 15) is 13.2 Å². The van der Waals surface area contributed by atoms with Crippen LogP contribution in [0.4, 0.5) is 13.2 Å². The van der Waals surface area contributed by atoms with Gasteiger partial charge < -0.3 is 0 Å². The minimum atomic E-state index is -4.44. The molecule has 3 heterocycles. The lowest BCUT2D eigenvalue weighted by molar-refractivity contribution is -0.143. The van der Waals surface area contributed by atoms with Crippen LogP contribution in [-0.4, -0.2) is 24.4 Å². The van der Waals surface area contributed by atoms with Gasteiger partial charge in [-0.15, -0.1) is 0 Å². The van der Waals surface area contributed by atoms with Gasteiger partial charge in [0.1, 0.15) is 10.8 Å². The second kappa shape index (κ2) is 5.84. The zero-order valence-electron chi connectivity index (χ0n) is 13.4. The Hall–Kier alpha value is -2.87. The van der Waals surface area contributed by atoms with Crippen LogP contribution in [0.15, 0.2) is 48.7 Å². The van der Waals surface area contributed by atoms with E-state index in [1.165, 1.54) is 7.05 Å². The first-order chi connectivity index (χ1) is 12.3. The van der Waals surface area contributed by atoms with E-state index in [1.54, 1.807) is 47.1 Å². The largest absolute Gasteiger partial charge is 0.433 e. The fourth-order valence-corrected chi connectivity index (χ4v) is 2.83. The van der Waals surface area contributed by atoms with Crippen molar-refractivity contribution < 1.29 is 13.2 Å². The predicted molar refractivity (Wildman–Crippen MR) is 90.6 cm³/mol. The second-order valence-corrected chi connectivity index (χ2v) is 6.09. The van der Waals surface area contributed by atoms with Crippen LogP contribution in [0.2, 0.25) is 5.15 Å². The molecule has 0 unspecified atom stereocenters. The van der Waals surface area contributed by atoms with Gasteiger partial charge in [0.25, 0.3) is 0 Å². The van der Waals surface area contributed by atoms with Crippen molar-refractivity contribution in [1.82, 2.24) is 24.4 Å². The van der Waals surface area contributed by atoms with Crippen LogP contribution in [0.1, 0.15) is 5.69 Å². The summed E-state index contributed by atoms with van der Waals surface area (Å²) in [7, 11) is 1.27. The Balaban J connectivity index is 1.68. The number of alkyl halides is 3. The lowest BCUT2D eigenvalue weighted by Gasteiger charge is -2.04. The van der Waals surface area contributed by atoms with Gasteiger partial charge in [-0.2, -0.15) is 23.4 Å². The highest BCUT2D eigenvalue weighted by Crippen LogP contribution is 2.32. The summed E-state index contributed by atoms with van der Waals surface area (Å²) in [5.74, 6) is 0. The summed E-state index contributed by atoms with van der Waals surface area (Å²) in [6.07, 6.45) is -2.70. The van der Waals surface area contributed by atoms with Gasteiger partial charge in [-0.1, -0.05) is 35.9 Å². The number of hydrogen-bond donors (Lipinski definition) is 0. The summed E-state index contributed by atoms with van der Waals surface area (Å²) in [4.78, 5) is 4.45. The summed E-state index contributed by atoms with van der Waals surface area (Å²) in [6, 6.07) is 11.4. The summed E-state index contributed by atoms with van der Waals surface area (Å²) >= 11 is 5.86. The highest BCUT2D eigenvalue weighted by molar-refractivity contribution is 6.29. The number of imidazole rings is 1. The monoisotopic (exact) mass is 377 g/mol. The van der Waals surface area contributed by atoms with E-state index in [2.05, 4.69) is 15.2 Å². The minimum absolute atomic E-state index is 0.259. The van der Waals surface area contributed by atoms with Gasteiger partial charge in [-0.05, 0) is 18.2 Å². The van der Waals surface area contributed by atoms with Crippen molar-refractivity contribution >= 4 is 17.2 Å². The molecule has 0 N–H and O–H groups in total. The molecule has 5 nitrogen and oxygen atoms in total. The number of fused-ring (bicyclic) bond motifs is 1. The molecule has 4 aromatic rings. The van der Waals surface area contributed by atoms with Gasteiger partial charge in [0.15, 0.2) is 5.65 Å². The maximum Gasteiger partial charge on any atom is 0.433 e. The molecule has 1 aromatic carbocycles. The number of nitrogens with zero attached hydrogens (tertiary/aromatic N) is 5. The van der Waals surface area contributed by atoms with Crippen molar-refractivity contribution in [2.24, 2.45) is 7.05 Å². The molecule has 3 aromatic heterocycles. The van der Waals surface area contributed by atoms with E-state index in [0.29, 0.717) is 22.1 Å². The number of hydrogen-bond acceptors (Lipinski definition) is 3. The smallest absolute Gasteiger partial charge is 0.263 e. The van der Waals surface area contributed by atoms with Gasteiger partial charge >= 0.3 is 6.18 Å². The Morgan fingerprint density at radius 1 is 0.923 bits per heavy atom. The first-order valence-electron chi connectivity index (χ1n) is 7.55. The summed E-state index contributed by atoms with van der Waals surface area (Å²) in [6.45, 7) is 0. The number of halogens is 4. The van der Waals surface area contributed by atoms with Crippen molar-refractivity contribution in [1.29, 1.82) is 0 Å². The summed E-state index contributed by atoms with van der Waals surface area (Å²) in [5, 5.41) is 8.42. The Bertz CT molecular complexity index is 1100. The van der Waals surface area contributed by atoms with Gasteiger partial charge in [0, 0.05) is 18.2 Å². The third kappa shape index (κ3) is 2.92. The van der Waals surface area contributed by atoms with Crippen molar-refractivity contribution in [3.63, 3.8) is 0 Å². The molecule has 0 atom stereocenters. The topological polar surface area (TPSA) is 48.0 Å². The van der Waals surface area contributed by atoms with Gasteiger partial charge in [0.2, 0.25) is 0 Å². The summed E-state index contributed by atoms with van der Waals surface area (Å²) < 4.78 is 41.1. The quantitative estimate of drug-likeness (QED) is 0.518. The second-order valence-electron chi connectivity index (χ2n) is 5.70. The number of rotatable bonds is 2. The van der Waals surface area contributed by atoms with E-state index in [1.807, 2.05) is 0 Å². The molecule has 0 amide bonds. The van der Waals surface area contributed by atoms with Gasteiger partial charge in [-0.25, -0.2) is 9.50 Å². The zero-order valence-corrected chi connectivity index (χ0v) is 14.1. The Morgan fingerprint density at radius 2 is 1.58 bits per heavy atom. The third-order valence-electron chi connectivity index (χ3n) is 3.93. The molecule has 0 bridgehead atoms. The van der Waals surface area contributed by atoms with E-state index < -0.39 is 11.9 Å². The molecule has 0 saturated carbocycles. The highest BCUT2D eigenvalue weighted by atomic mass is 35.5. The Morgan fingerprint density at radius 3 is 2.19 bits per heavy atom. The molecule has 0 saturated heterocycles. The average Bonchev–Trinajstić information content (AvgIpc) is 3.17. The van der Waals surface area contributed by atoms with Crippen molar-refractivity contribution in [3.8, 4) is 22.5 Å². The fraction of sp³-hybridized carbons (Fsp3) is 0.118. The van der Waals surface area contributed by atoms with Crippen LogP contribution in [0.3, 0.4) is 0 Å². The molecular weight excluding hydrogens is 367 g/mol. The van der Waals surface area contributed by atoms with Gasteiger partial charge in [-0.3, -0.25) is 4.68 Å². The highest BCUT2D eigenvalue weighted by Gasteiger charge is 2.35. The van der Waals surface area contributed by atoms with Crippen LogP contribution < -0.4 is 0 Å². The fourth-order valence-electron chi connectivity index (χ4n) is 2.68. The standard InChI is InChI=1S/C17H11ClF3N5/c1-25-14(17(19,20)21)8-12(23-25)10-2-4-11(5-3-10)13-9-26-16(22-13)7-6-15(18)24-26/h2-9H,1H3. The molecule has 0 aliphatic carbocycles. The predicted octanol–water partition coefficient (Wildman–Crippen LogP) is 4.47. The molecule has 4 rings (SSSR count). The molecule has 0 fully saturated rings.